The van der Waals surface area contributed by atoms with Gasteiger partial charge in [-0.1, -0.05) is 46.6 Å². The number of aromatic nitrogens is 1. The zero-order valence-corrected chi connectivity index (χ0v) is 16.9. The first-order valence-electron chi connectivity index (χ1n) is 8.55. The molecule has 4 rings (SSSR count). The summed E-state index contributed by atoms with van der Waals surface area (Å²) in [6.45, 7) is 1.72. The molecule has 0 N–H and O–H groups in total. The number of rotatable bonds is 4. The van der Waals surface area contributed by atoms with E-state index >= 15 is 0 Å². The van der Waals surface area contributed by atoms with Gasteiger partial charge >= 0.3 is 5.97 Å². The molecule has 1 aromatic heterocycles. The lowest BCUT2D eigenvalue weighted by Gasteiger charge is -2.05. The van der Waals surface area contributed by atoms with Crippen molar-refractivity contribution in [2.24, 2.45) is 4.99 Å². The topological polar surface area (TPSA) is 73.9 Å². The van der Waals surface area contributed by atoms with Gasteiger partial charge in [0.2, 0.25) is 5.90 Å². The molecule has 0 amide bonds. The number of halogens is 2. The standard InChI is InChI=1S/C21H14Cl2N2O4/c1-11-17(19(29-25-11)18-14(22)4-3-5-15(18)23)20-24-16(21(26)28-20)10-12-6-8-13(27-2)9-7-12/h3-10H,1-2H3/b16-10-. The first-order chi connectivity index (χ1) is 14.0. The number of carbonyl (C=O) groups excluding carboxylic acids is 1. The first kappa shape index (κ1) is 19.2. The van der Waals surface area contributed by atoms with Crippen molar-refractivity contribution in [2.75, 3.05) is 7.11 Å². The molecule has 0 spiro atoms. The molecular weight excluding hydrogens is 415 g/mol. The molecule has 1 aliphatic heterocycles. The molecule has 29 heavy (non-hydrogen) atoms. The molecule has 0 saturated carbocycles. The summed E-state index contributed by atoms with van der Waals surface area (Å²) in [5.74, 6) is 0.508. The Morgan fingerprint density at radius 1 is 1.03 bits per heavy atom. The van der Waals surface area contributed by atoms with Crippen molar-refractivity contribution in [1.29, 1.82) is 0 Å². The molecule has 0 unspecified atom stereocenters. The van der Waals surface area contributed by atoms with Gasteiger partial charge in [0.1, 0.15) is 11.3 Å². The van der Waals surface area contributed by atoms with Crippen LogP contribution in [0.4, 0.5) is 0 Å². The van der Waals surface area contributed by atoms with Crippen LogP contribution in [0.25, 0.3) is 17.4 Å². The second kappa shape index (κ2) is 7.73. The number of benzene rings is 2. The van der Waals surface area contributed by atoms with Gasteiger partial charge in [-0.3, -0.25) is 0 Å². The van der Waals surface area contributed by atoms with Crippen LogP contribution < -0.4 is 4.74 Å². The largest absolute Gasteiger partial charge is 0.497 e. The fourth-order valence-electron chi connectivity index (χ4n) is 2.88. The number of carbonyl (C=O) groups is 1. The molecule has 0 bridgehead atoms. The predicted octanol–water partition coefficient (Wildman–Crippen LogP) is 5.31. The molecule has 2 aromatic carbocycles. The highest BCUT2D eigenvalue weighted by Gasteiger charge is 2.31. The maximum Gasteiger partial charge on any atom is 0.363 e. The molecule has 8 heteroatoms. The SMILES string of the molecule is COc1ccc(/C=C2\N=C(c3c(C)noc3-c3c(Cl)cccc3Cl)OC2=O)cc1. The number of aryl methyl sites for hydroxylation is 1. The fraction of sp³-hybridized carbons (Fsp3) is 0.0952. The lowest BCUT2D eigenvalue weighted by molar-refractivity contribution is -0.129. The fourth-order valence-corrected chi connectivity index (χ4v) is 3.45. The summed E-state index contributed by atoms with van der Waals surface area (Å²) in [6, 6.07) is 12.3. The van der Waals surface area contributed by atoms with Crippen LogP contribution in [0.5, 0.6) is 5.75 Å². The summed E-state index contributed by atoms with van der Waals surface area (Å²) >= 11 is 12.6. The van der Waals surface area contributed by atoms with Gasteiger partial charge < -0.3 is 14.0 Å². The zero-order valence-electron chi connectivity index (χ0n) is 15.4. The van der Waals surface area contributed by atoms with E-state index in [0.717, 1.165) is 5.56 Å². The van der Waals surface area contributed by atoms with Gasteiger partial charge in [-0.25, -0.2) is 9.79 Å². The van der Waals surface area contributed by atoms with Gasteiger partial charge in [-0.05, 0) is 42.8 Å². The third-order valence-electron chi connectivity index (χ3n) is 4.31. The third kappa shape index (κ3) is 3.64. The second-order valence-electron chi connectivity index (χ2n) is 6.18. The highest BCUT2D eigenvalue weighted by atomic mass is 35.5. The van der Waals surface area contributed by atoms with Crippen LogP contribution in [0.2, 0.25) is 10.0 Å². The van der Waals surface area contributed by atoms with Crippen molar-refractivity contribution in [3.05, 3.63) is 75.0 Å². The van der Waals surface area contributed by atoms with Crippen LogP contribution in [0, 0.1) is 6.92 Å². The van der Waals surface area contributed by atoms with Crippen molar-refractivity contribution < 1.29 is 18.8 Å². The van der Waals surface area contributed by atoms with Crippen LogP contribution in [-0.4, -0.2) is 24.1 Å². The Labute approximate surface area is 176 Å². The molecule has 0 saturated heterocycles. The lowest BCUT2D eigenvalue weighted by atomic mass is 10.1. The van der Waals surface area contributed by atoms with E-state index in [1.165, 1.54) is 0 Å². The predicted molar refractivity (Wildman–Crippen MR) is 110 cm³/mol. The van der Waals surface area contributed by atoms with E-state index in [1.807, 2.05) is 12.1 Å². The minimum Gasteiger partial charge on any atom is -0.497 e. The monoisotopic (exact) mass is 428 g/mol. The number of aliphatic imine (C=N–C) groups is 1. The van der Waals surface area contributed by atoms with Gasteiger partial charge in [-0.15, -0.1) is 0 Å². The van der Waals surface area contributed by atoms with Crippen LogP contribution in [0.3, 0.4) is 0 Å². The van der Waals surface area contributed by atoms with E-state index in [1.54, 1.807) is 50.4 Å². The first-order valence-corrected chi connectivity index (χ1v) is 9.31. The number of nitrogens with zero attached hydrogens (tertiary/aromatic N) is 2. The Hall–Kier alpha value is -3.09. The molecule has 6 nitrogen and oxygen atoms in total. The van der Waals surface area contributed by atoms with Gasteiger partial charge in [0, 0.05) is 0 Å². The Kier molecular flexibility index (Phi) is 5.13. The van der Waals surface area contributed by atoms with Crippen LogP contribution in [0.15, 0.2) is 57.7 Å². The Morgan fingerprint density at radius 3 is 2.38 bits per heavy atom. The van der Waals surface area contributed by atoms with E-state index in [-0.39, 0.29) is 17.4 Å². The number of hydrogen-bond acceptors (Lipinski definition) is 6. The maximum absolute atomic E-state index is 12.4. The lowest BCUT2D eigenvalue weighted by Crippen LogP contribution is -2.07. The second-order valence-corrected chi connectivity index (χ2v) is 6.99. The van der Waals surface area contributed by atoms with Crippen molar-refractivity contribution in [3.63, 3.8) is 0 Å². The van der Waals surface area contributed by atoms with Crippen molar-refractivity contribution >= 4 is 41.1 Å². The average molecular weight is 429 g/mol. The number of methoxy groups -OCH3 is 1. The van der Waals surface area contributed by atoms with E-state index < -0.39 is 5.97 Å². The quantitative estimate of drug-likeness (QED) is 0.415. The van der Waals surface area contributed by atoms with Crippen molar-refractivity contribution in [2.45, 2.75) is 6.92 Å². The zero-order chi connectivity index (χ0) is 20.5. The van der Waals surface area contributed by atoms with Crippen molar-refractivity contribution in [1.82, 2.24) is 5.16 Å². The molecule has 0 atom stereocenters. The smallest absolute Gasteiger partial charge is 0.363 e. The molecular formula is C21H14Cl2N2O4. The molecule has 2 heterocycles. The van der Waals surface area contributed by atoms with E-state index in [9.17, 15) is 4.79 Å². The third-order valence-corrected chi connectivity index (χ3v) is 4.94. The highest BCUT2D eigenvalue weighted by Crippen LogP contribution is 2.38. The Bertz CT molecular complexity index is 1140. The summed E-state index contributed by atoms with van der Waals surface area (Å²) in [4.78, 5) is 16.7. The van der Waals surface area contributed by atoms with Gasteiger partial charge in [0.15, 0.2) is 11.5 Å². The summed E-state index contributed by atoms with van der Waals surface area (Å²) in [5.41, 5.74) is 2.30. The molecule has 0 fully saturated rings. The maximum atomic E-state index is 12.4. The molecule has 3 aromatic rings. The highest BCUT2D eigenvalue weighted by molar-refractivity contribution is 6.39. The molecule has 1 aliphatic rings. The normalized spacial score (nSPS) is 14.8. The van der Waals surface area contributed by atoms with Crippen molar-refractivity contribution in [3.8, 4) is 17.1 Å². The average Bonchev–Trinajstić information content (AvgIpc) is 3.25. The summed E-state index contributed by atoms with van der Waals surface area (Å²) in [5, 5.41) is 4.74. The molecule has 0 radical (unpaired) electrons. The van der Waals surface area contributed by atoms with E-state index in [0.29, 0.717) is 32.6 Å². The van der Waals surface area contributed by atoms with E-state index in [4.69, 9.17) is 37.2 Å². The van der Waals surface area contributed by atoms with Gasteiger partial charge in [-0.2, -0.15) is 0 Å². The minimum atomic E-state index is -0.576. The van der Waals surface area contributed by atoms with Crippen LogP contribution in [0.1, 0.15) is 16.8 Å². The van der Waals surface area contributed by atoms with Crippen LogP contribution >= 0.6 is 23.2 Å². The summed E-state index contributed by atoms with van der Waals surface area (Å²) in [6.07, 6.45) is 1.62. The number of cyclic esters (lactones) is 1. The Morgan fingerprint density at radius 2 is 1.72 bits per heavy atom. The number of ether oxygens (including phenoxy) is 2. The summed E-state index contributed by atoms with van der Waals surface area (Å²) < 4.78 is 16.0. The van der Waals surface area contributed by atoms with E-state index in [2.05, 4.69) is 10.1 Å². The van der Waals surface area contributed by atoms with Gasteiger partial charge in [0.25, 0.3) is 0 Å². The minimum absolute atomic E-state index is 0.0829. The van der Waals surface area contributed by atoms with Gasteiger partial charge in [0.05, 0.1) is 28.4 Å². The molecule has 146 valence electrons. The molecule has 0 aliphatic carbocycles. The Balaban J connectivity index is 1.76. The number of esters is 1. The summed E-state index contributed by atoms with van der Waals surface area (Å²) in [7, 11) is 1.59. The number of hydrogen-bond donors (Lipinski definition) is 0. The van der Waals surface area contributed by atoms with Crippen LogP contribution in [-0.2, 0) is 9.53 Å².